The highest BCUT2D eigenvalue weighted by atomic mass is 32.1. The molecule has 3 aromatic rings. The molecule has 6 nitrogen and oxygen atoms in total. The summed E-state index contributed by atoms with van der Waals surface area (Å²) >= 11 is 1.54. The molecular weight excluding hydrogens is 274 g/mol. The zero-order chi connectivity index (χ0) is 13.9. The van der Waals surface area contributed by atoms with E-state index in [9.17, 15) is 4.79 Å². The van der Waals surface area contributed by atoms with Gasteiger partial charge in [0.05, 0.1) is 4.88 Å². The van der Waals surface area contributed by atoms with E-state index in [-0.39, 0.29) is 5.91 Å². The van der Waals surface area contributed by atoms with E-state index in [1.807, 2.05) is 23.6 Å². The number of hydrogen-bond acceptors (Lipinski definition) is 5. The summed E-state index contributed by atoms with van der Waals surface area (Å²) in [6.45, 7) is 1.44. The van der Waals surface area contributed by atoms with E-state index < -0.39 is 0 Å². The van der Waals surface area contributed by atoms with Crippen LogP contribution in [0.4, 0.5) is 5.82 Å². The number of anilines is 1. The number of aromatic nitrogens is 4. The number of amides is 1. The second kappa shape index (κ2) is 5.22. The summed E-state index contributed by atoms with van der Waals surface area (Å²) in [5, 5.41) is 8.78. The van der Waals surface area contributed by atoms with Gasteiger partial charge in [-0.25, -0.2) is 14.6 Å². The number of hydrogen-bond donors (Lipinski definition) is 1. The van der Waals surface area contributed by atoms with Crippen LogP contribution in [0.5, 0.6) is 0 Å². The largest absolute Gasteiger partial charge is 0.311 e. The molecule has 0 aliphatic rings. The van der Waals surface area contributed by atoms with Crippen molar-refractivity contribution in [2.45, 2.75) is 6.92 Å². The van der Waals surface area contributed by atoms with Crippen LogP contribution in [0.15, 0.2) is 42.0 Å². The minimum atomic E-state index is -0.174. The molecule has 1 N–H and O–H groups in total. The summed E-state index contributed by atoms with van der Waals surface area (Å²) < 4.78 is 1.63. The number of rotatable bonds is 3. The maximum absolute atomic E-state index is 11.2. The SMILES string of the molecule is CC(=O)Nc1cc(-n2cccn2)nc(-c2cccs2)n1. The van der Waals surface area contributed by atoms with Crippen LogP contribution < -0.4 is 5.32 Å². The molecule has 0 aliphatic carbocycles. The zero-order valence-corrected chi connectivity index (χ0v) is 11.5. The van der Waals surface area contributed by atoms with Gasteiger partial charge in [0, 0.05) is 25.4 Å². The summed E-state index contributed by atoms with van der Waals surface area (Å²) in [5.74, 6) is 1.46. The predicted molar refractivity (Wildman–Crippen MR) is 76.8 cm³/mol. The minimum absolute atomic E-state index is 0.174. The van der Waals surface area contributed by atoms with Gasteiger partial charge in [-0.15, -0.1) is 11.3 Å². The fraction of sp³-hybridized carbons (Fsp3) is 0.0769. The maximum Gasteiger partial charge on any atom is 0.222 e. The highest BCUT2D eigenvalue weighted by molar-refractivity contribution is 7.13. The van der Waals surface area contributed by atoms with E-state index in [1.165, 1.54) is 6.92 Å². The standard InChI is InChI=1S/C13H11N5OS/c1-9(19)15-11-8-12(18-6-3-5-14-18)17-13(16-11)10-4-2-7-20-10/h2-8H,1H3,(H,15,16,17,19). The van der Waals surface area contributed by atoms with Gasteiger partial charge in [-0.1, -0.05) is 6.07 Å². The van der Waals surface area contributed by atoms with Gasteiger partial charge in [0.2, 0.25) is 5.91 Å². The first-order valence-corrected chi connectivity index (χ1v) is 6.81. The second-order valence-electron chi connectivity index (χ2n) is 4.04. The van der Waals surface area contributed by atoms with Crippen molar-refractivity contribution in [1.82, 2.24) is 19.7 Å². The lowest BCUT2D eigenvalue weighted by atomic mass is 10.4. The Hall–Kier alpha value is -2.54. The normalized spacial score (nSPS) is 10.4. The molecule has 1 amide bonds. The summed E-state index contributed by atoms with van der Waals surface area (Å²) in [5.41, 5.74) is 0. The van der Waals surface area contributed by atoms with Crippen LogP contribution in [0.1, 0.15) is 6.92 Å². The van der Waals surface area contributed by atoms with Crippen molar-refractivity contribution in [3.8, 4) is 16.5 Å². The number of carbonyl (C=O) groups is 1. The Bertz CT molecular complexity index is 669. The third-order valence-corrected chi connectivity index (χ3v) is 3.36. The van der Waals surface area contributed by atoms with Gasteiger partial charge < -0.3 is 5.32 Å². The maximum atomic E-state index is 11.2. The van der Waals surface area contributed by atoms with Gasteiger partial charge >= 0.3 is 0 Å². The highest BCUT2D eigenvalue weighted by Crippen LogP contribution is 2.23. The van der Waals surface area contributed by atoms with Crippen LogP contribution in [0.3, 0.4) is 0 Å². The molecule has 0 unspecified atom stereocenters. The zero-order valence-electron chi connectivity index (χ0n) is 10.6. The Morgan fingerprint density at radius 1 is 1.35 bits per heavy atom. The Morgan fingerprint density at radius 3 is 2.90 bits per heavy atom. The van der Waals surface area contributed by atoms with Gasteiger partial charge in [-0.05, 0) is 17.5 Å². The lowest BCUT2D eigenvalue weighted by Crippen LogP contribution is -2.10. The number of thiophene rings is 1. The first-order chi connectivity index (χ1) is 9.72. The summed E-state index contributed by atoms with van der Waals surface area (Å²) in [7, 11) is 0. The minimum Gasteiger partial charge on any atom is -0.311 e. The van der Waals surface area contributed by atoms with Gasteiger partial charge in [-0.2, -0.15) is 5.10 Å². The number of nitrogens with one attached hydrogen (secondary N) is 1. The third kappa shape index (κ3) is 2.57. The molecule has 0 bridgehead atoms. The van der Waals surface area contributed by atoms with Gasteiger partial charge in [-0.3, -0.25) is 4.79 Å². The molecule has 0 aliphatic heterocycles. The number of carbonyl (C=O) groups excluding carboxylic acids is 1. The van der Waals surface area contributed by atoms with Crippen molar-refractivity contribution < 1.29 is 4.79 Å². The van der Waals surface area contributed by atoms with Gasteiger partial charge in [0.15, 0.2) is 11.6 Å². The second-order valence-corrected chi connectivity index (χ2v) is 4.99. The van der Waals surface area contributed by atoms with Crippen molar-refractivity contribution in [2.75, 3.05) is 5.32 Å². The molecule has 0 saturated carbocycles. The molecule has 3 rings (SSSR count). The molecule has 0 fully saturated rings. The number of nitrogens with zero attached hydrogens (tertiary/aromatic N) is 4. The Kier molecular flexibility index (Phi) is 3.26. The molecule has 0 spiro atoms. The predicted octanol–water partition coefficient (Wildman–Crippen LogP) is 2.35. The lowest BCUT2D eigenvalue weighted by Gasteiger charge is -2.07. The van der Waals surface area contributed by atoms with Crippen molar-refractivity contribution >= 4 is 23.1 Å². The molecule has 100 valence electrons. The van der Waals surface area contributed by atoms with Crippen LogP contribution in [0, 0.1) is 0 Å². The molecule has 0 saturated heterocycles. The Labute approximate surface area is 119 Å². The van der Waals surface area contributed by atoms with E-state index in [4.69, 9.17) is 0 Å². The molecule has 0 radical (unpaired) electrons. The topological polar surface area (TPSA) is 72.7 Å². The summed E-state index contributed by atoms with van der Waals surface area (Å²) in [6.07, 6.45) is 3.46. The quantitative estimate of drug-likeness (QED) is 0.801. The smallest absolute Gasteiger partial charge is 0.222 e. The summed E-state index contributed by atoms with van der Waals surface area (Å²) in [4.78, 5) is 21.0. The average molecular weight is 285 g/mol. The Balaban J connectivity index is 2.10. The van der Waals surface area contributed by atoms with Gasteiger partial charge in [0.1, 0.15) is 5.82 Å². The van der Waals surface area contributed by atoms with Crippen LogP contribution in [-0.4, -0.2) is 25.7 Å². The van der Waals surface area contributed by atoms with Crippen molar-refractivity contribution in [2.24, 2.45) is 0 Å². The summed E-state index contributed by atoms with van der Waals surface area (Å²) in [6, 6.07) is 7.36. The van der Waals surface area contributed by atoms with Crippen LogP contribution >= 0.6 is 11.3 Å². The first kappa shape index (κ1) is 12.5. The lowest BCUT2D eigenvalue weighted by molar-refractivity contribution is -0.114. The molecular formula is C13H11N5OS. The average Bonchev–Trinajstić information content (AvgIpc) is 3.11. The van der Waals surface area contributed by atoms with E-state index in [0.29, 0.717) is 17.5 Å². The van der Waals surface area contributed by atoms with Crippen LogP contribution in [0.25, 0.3) is 16.5 Å². The molecule has 7 heteroatoms. The van der Waals surface area contributed by atoms with E-state index >= 15 is 0 Å². The molecule has 20 heavy (non-hydrogen) atoms. The highest BCUT2D eigenvalue weighted by Gasteiger charge is 2.10. The fourth-order valence-electron chi connectivity index (χ4n) is 1.72. The van der Waals surface area contributed by atoms with Crippen molar-refractivity contribution in [1.29, 1.82) is 0 Å². The molecule has 3 heterocycles. The van der Waals surface area contributed by atoms with Crippen molar-refractivity contribution in [3.63, 3.8) is 0 Å². The first-order valence-electron chi connectivity index (χ1n) is 5.93. The molecule has 0 aromatic carbocycles. The van der Waals surface area contributed by atoms with E-state index in [2.05, 4.69) is 20.4 Å². The van der Waals surface area contributed by atoms with E-state index in [0.717, 1.165) is 4.88 Å². The third-order valence-electron chi connectivity index (χ3n) is 2.50. The van der Waals surface area contributed by atoms with Gasteiger partial charge in [0.25, 0.3) is 0 Å². The van der Waals surface area contributed by atoms with Crippen LogP contribution in [0.2, 0.25) is 0 Å². The molecule has 0 atom stereocenters. The van der Waals surface area contributed by atoms with E-state index in [1.54, 1.807) is 34.5 Å². The van der Waals surface area contributed by atoms with Crippen LogP contribution in [-0.2, 0) is 4.79 Å². The fourth-order valence-corrected chi connectivity index (χ4v) is 2.37. The monoisotopic (exact) mass is 285 g/mol. The molecule has 3 aromatic heterocycles. The Morgan fingerprint density at radius 2 is 2.25 bits per heavy atom. The van der Waals surface area contributed by atoms with Crippen molar-refractivity contribution in [3.05, 3.63) is 42.0 Å².